The van der Waals surface area contributed by atoms with Crippen molar-refractivity contribution in [3.63, 3.8) is 0 Å². The third kappa shape index (κ3) is 1.88. The normalized spacial score (nSPS) is 30.5. The van der Waals surface area contributed by atoms with Gasteiger partial charge in [-0.25, -0.2) is 4.98 Å². The topological polar surface area (TPSA) is 38.1 Å². The third-order valence-corrected chi connectivity index (χ3v) is 5.04. The van der Waals surface area contributed by atoms with Crippen molar-refractivity contribution in [2.75, 3.05) is 7.05 Å². The summed E-state index contributed by atoms with van der Waals surface area (Å²) in [5.74, 6) is 3.68. The molecule has 0 bridgehead atoms. The molecule has 0 amide bonds. The summed E-state index contributed by atoms with van der Waals surface area (Å²) < 4.78 is 5.85. The zero-order valence-corrected chi connectivity index (χ0v) is 11.3. The Balaban J connectivity index is 1.53. The van der Waals surface area contributed by atoms with Gasteiger partial charge in [-0.2, -0.15) is 0 Å². The number of hydrogen-bond acceptors (Lipinski definition) is 3. The van der Waals surface area contributed by atoms with E-state index in [0.717, 1.165) is 41.2 Å². The van der Waals surface area contributed by atoms with Crippen LogP contribution in [0.5, 0.6) is 0 Å². The van der Waals surface area contributed by atoms with Gasteiger partial charge in [0.2, 0.25) is 0 Å². The molecule has 2 aliphatic rings. The van der Waals surface area contributed by atoms with Gasteiger partial charge in [-0.1, -0.05) is 18.6 Å². The van der Waals surface area contributed by atoms with E-state index in [1.54, 1.807) is 0 Å². The molecule has 2 aromatic rings. The third-order valence-electron chi connectivity index (χ3n) is 5.04. The number of benzene rings is 1. The molecule has 1 N–H and O–H groups in total. The number of fused-ring (bicyclic) bond motifs is 2. The minimum atomic E-state index is 0.531. The number of aromatic nitrogens is 1. The fourth-order valence-corrected chi connectivity index (χ4v) is 4.10. The first-order valence-electron chi connectivity index (χ1n) is 7.38. The van der Waals surface area contributed by atoms with E-state index in [1.165, 1.54) is 19.3 Å². The second-order valence-corrected chi connectivity index (χ2v) is 6.01. The van der Waals surface area contributed by atoms with Crippen LogP contribution < -0.4 is 5.32 Å². The lowest BCUT2D eigenvalue weighted by Crippen LogP contribution is -2.31. The van der Waals surface area contributed by atoms with Crippen LogP contribution >= 0.6 is 0 Å². The summed E-state index contributed by atoms with van der Waals surface area (Å²) in [6.07, 6.45) is 5.22. The van der Waals surface area contributed by atoms with Crippen molar-refractivity contribution in [1.82, 2.24) is 10.3 Å². The molecule has 0 radical (unpaired) electrons. The molecule has 1 heterocycles. The summed E-state index contributed by atoms with van der Waals surface area (Å²) in [5.41, 5.74) is 1.88. The molecule has 1 aromatic carbocycles. The van der Waals surface area contributed by atoms with Gasteiger partial charge in [0.1, 0.15) is 5.52 Å². The lowest BCUT2D eigenvalue weighted by Gasteiger charge is -2.16. The van der Waals surface area contributed by atoms with Crippen molar-refractivity contribution in [2.24, 2.45) is 17.8 Å². The Kier molecular flexibility index (Phi) is 2.62. The van der Waals surface area contributed by atoms with E-state index in [1.807, 2.05) is 24.3 Å². The molecule has 2 aliphatic carbocycles. The van der Waals surface area contributed by atoms with Crippen molar-refractivity contribution in [3.05, 3.63) is 30.2 Å². The highest BCUT2D eigenvalue weighted by Gasteiger charge is 2.55. The van der Waals surface area contributed by atoms with E-state index in [4.69, 9.17) is 4.42 Å². The van der Waals surface area contributed by atoms with Gasteiger partial charge in [-0.15, -0.1) is 0 Å². The predicted molar refractivity (Wildman–Crippen MR) is 74.9 cm³/mol. The summed E-state index contributed by atoms with van der Waals surface area (Å²) in [4.78, 5) is 4.60. The van der Waals surface area contributed by atoms with Crippen molar-refractivity contribution in [2.45, 2.75) is 31.7 Å². The second-order valence-electron chi connectivity index (χ2n) is 6.01. The summed E-state index contributed by atoms with van der Waals surface area (Å²) in [6, 6.07) is 8.55. The van der Waals surface area contributed by atoms with Gasteiger partial charge in [-0.3, -0.25) is 0 Å². The van der Waals surface area contributed by atoms with Crippen LogP contribution in [0.15, 0.2) is 28.7 Å². The molecule has 3 heteroatoms. The van der Waals surface area contributed by atoms with Crippen LogP contribution in [0.1, 0.15) is 25.2 Å². The molecule has 1 aromatic heterocycles. The molecule has 0 aliphatic heterocycles. The van der Waals surface area contributed by atoms with Crippen LogP contribution in [-0.2, 0) is 6.42 Å². The lowest BCUT2D eigenvalue weighted by molar-refractivity contribution is 0.393. The number of para-hydroxylation sites is 2. The van der Waals surface area contributed by atoms with Crippen molar-refractivity contribution in [1.29, 1.82) is 0 Å². The number of likely N-dealkylation sites (N-methyl/N-ethyl adjacent to an activating group) is 1. The van der Waals surface area contributed by atoms with Crippen LogP contribution in [0.25, 0.3) is 11.1 Å². The Labute approximate surface area is 113 Å². The molecule has 3 unspecified atom stereocenters. The van der Waals surface area contributed by atoms with Crippen LogP contribution in [0.4, 0.5) is 0 Å². The number of nitrogens with one attached hydrogen (secondary N) is 1. The van der Waals surface area contributed by atoms with Crippen LogP contribution in [-0.4, -0.2) is 18.1 Å². The second kappa shape index (κ2) is 4.34. The van der Waals surface area contributed by atoms with Gasteiger partial charge in [0.05, 0.1) is 0 Å². The van der Waals surface area contributed by atoms with Crippen LogP contribution in [0, 0.1) is 17.8 Å². The standard InChI is InChI=1S/C16H20N2O/c1-17-13(16-10-5-4-6-11(10)16)9-15-18-12-7-2-3-8-14(12)19-15/h2-3,7-8,10-11,13,16-17H,4-6,9H2,1H3. The van der Waals surface area contributed by atoms with Crippen LogP contribution in [0.3, 0.4) is 0 Å². The number of oxazole rings is 1. The first kappa shape index (κ1) is 11.5. The predicted octanol–water partition coefficient (Wildman–Crippen LogP) is 3.00. The van der Waals surface area contributed by atoms with E-state index in [2.05, 4.69) is 17.3 Å². The number of hydrogen-bond donors (Lipinski definition) is 1. The Hall–Kier alpha value is -1.35. The van der Waals surface area contributed by atoms with Gasteiger partial charge in [-0.05, 0) is 49.8 Å². The van der Waals surface area contributed by atoms with Gasteiger partial charge >= 0.3 is 0 Å². The zero-order valence-electron chi connectivity index (χ0n) is 11.3. The summed E-state index contributed by atoms with van der Waals surface area (Å²) >= 11 is 0. The Morgan fingerprint density at radius 1 is 1.32 bits per heavy atom. The molecule has 19 heavy (non-hydrogen) atoms. The average Bonchev–Trinajstić information content (AvgIpc) is 2.83. The summed E-state index contributed by atoms with van der Waals surface area (Å²) in [6.45, 7) is 0. The molecule has 0 saturated heterocycles. The fourth-order valence-electron chi connectivity index (χ4n) is 4.10. The SMILES string of the molecule is CNC(Cc1nc2ccccc2o1)C1C2CCCC21. The quantitative estimate of drug-likeness (QED) is 0.913. The maximum Gasteiger partial charge on any atom is 0.197 e. The molecule has 3 nitrogen and oxygen atoms in total. The summed E-state index contributed by atoms with van der Waals surface area (Å²) in [7, 11) is 2.07. The monoisotopic (exact) mass is 256 g/mol. The first-order valence-corrected chi connectivity index (χ1v) is 7.38. The van der Waals surface area contributed by atoms with Crippen molar-refractivity contribution in [3.8, 4) is 0 Å². The molecular formula is C16H20N2O. The smallest absolute Gasteiger partial charge is 0.197 e. The van der Waals surface area contributed by atoms with Crippen LogP contribution in [0.2, 0.25) is 0 Å². The van der Waals surface area contributed by atoms with Gasteiger partial charge in [0.25, 0.3) is 0 Å². The van der Waals surface area contributed by atoms with Crippen molar-refractivity contribution >= 4 is 11.1 Å². The number of rotatable bonds is 4. The molecular weight excluding hydrogens is 236 g/mol. The highest BCUT2D eigenvalue weighted by Crippen LogP contribution is 2.59. The van der Waals surface area contributed by atoms with Gasteiger partial charge in [0, 0.05) is 12.5 Å². The highest BCUT2D eigenvalue weighted by atomic mass is 16.3. The highest BCUT2D eigenvalue weighted by molar-refractivity contribution is 5.72. The van der Waals surface area contributed by atoms with Gasteiger partial charge < -0.3 is 9.73 Å². The molecule has 100 valence electrons. The zero-order chi connectivity index (χ0) is 12.8. The first-order chi connectivity index (χ1) is 9.36. The van der Waals surface area contributed by atoms with E-state index in [9.17, 15) is 0 Å². The fraction of sp³-hybridized carbons (Fsp3) is 0.562. The van der Waals surface area contributed by atoms with E-state index >= 15 is 0 Å². The molecule has 3 atom stereocenters. The summed E-state index contributed by atoms with van der Waals surface area (Å²) in [5, 5.41) is 3.49. The molecule has 4 rings (SSSR count). The molecule has 0 spiro atoms. The van der Waals surface area contributed by atoms with E-state index in [0.29, 0.717) is 6.04 Å². The molecule has 2 fully saturated rings. The Morgan fingerprint density at radius 2 is 2.11 bits per heavy atom. The largest absolute Gasteiger partial charge is 0.441 e. The number of nitrogens with zero attached hydrogens (tertiary/aromatic N) is 1. The average molecular weight is 256 g/mol. The lowest BCUT2D eigenvalue weighted by atomic mass is 10.0. The van der Waals surface area contributed by atoms with E-state index < -0.39 is 0 Å². The van der Waals surface area contributed by atoms with Crippen molar-refractivity contribution < 1.29 is 4.42 Å². The maximum atomic E-state index is 5.85. The van der Waals surface area contributed by atoms with Gasteiger partial charge in [0.15, 0.2) is 11.5 Å². The Bertz CT molecular complexity index is 548. The Morgan fingerprint density at radius 3 is 2.84 bits per heavy atom. The maximum absolute atomic E-state index is 5.85. The van der Waals surface area contributed by atoms with E-state index in [-0.39, 0.29) is 0 Å². The minimum absolute atomic E-state index is 0.531. The minimum Gasteiger partial charge on any atom is -0.441 e. The molecule has 2 saturated carbocycles.